The molecule has 3 N–H and O–H groups in total. The lowest BCUT2D eigenvalue weighted by Gasteiger charge is -2.17. The quantitative estimate of drug-likeness (QED) is 0.745. The average molecular weight is 263 g/mol. The van der Waals surface area contributed by atoms with Crippen molar-refractivity contribution in [2.45, 2.75) is 38.6 Å². The first-order valence-electron chi connectivity index (χ1n) is 6.61. The van der Waals surface area contributed by atoms with Crippen LogP contribution in [-0.4, -0.2) is 36.0 Å². The zero-order valence-electron chi connectivity index (χ0n) is 11.9. The summed E-state index contributed by atoms with van der Waals surface area (Å²) in [4.78, 5) is 20.7. The normalized spacial score (nSPS) is 15.8. The Balaban J connectivity index is 2.27. The fourth-order valence-corrected chi connectivity index (χ4v) is 1.93. The molecule has 1 heterocycles. The molecule has 1 aromatic heterocycles. The number of carbonyl (C=O) groups is 1. The Morgan fingerprint density at radius 3 is 2.42 bits per heavy atom. The van der Waals surface area contributed by atoms with Crippen LogP contribution < -0.4 is 16.0 Å². The summed E-state index contributed by atoms with van der Waals surface area (Å²) in [5.74, 6) is 2.84. The number of carbonyl (C=O) groups excluding carboxylic acids is 1. The third-order valence-corrected chi connectivity index (χ3v) is 3.34. The number of hydrogen-bond acceptors (Lipinski definition) is 5. The van der Waals surface area contributed by atoms with Crippen LogP contribution >= 0.6 is 0 Å². The zero-order valence-corrected chi connectivity index (χ0v) is 11.9. The van der Waals surface area contributed by atoms with Gasteiger partial charge in [-0.1, -0.05) is 0 Å². The van der Waals surface area contributed by atoms with E-state index >= 15 is 0 Å². The van der Waals surface area contributed by atoms with Gasteiger partial charge in [-0.15, -0.1) is 0 Å². The average Bonchev–Trinajstić information content (AvgIpc) is 3.24. The fraction of sp³-hybridized carbons (Fsp3) is 0.615. The molecule has 0 aliphatic heterocycles. The van der Waals surface area contributed by atoms with Gasteiger partial charge in [0.1, 0.15) is 23.5 Å². The predicted octanol–water partition coefficient (Wildman–Crippen LogP) is 1.25. The summed E-state index contributed by atoms with van der Waals surface area (Å²) in [5, 5.41) is 8.86. The van der Waals surface area contributed by atoms with E-state index in [1.165, 1.54) is 0 Å². The molecule has 6 heteroatoms. The number of nitrogens with one attached hydrogen (secondary N) is 3. The number of rotatable bonds is 5. The Morgan fingerprint density at radius 1 is 1.26 bits per heavy atom. The van der Waals surface area contributed by atoms with E-state index in [-0.39, 0.29) is 11.9 Å². The first-order chi connectivity index (χ1) is 9.06. The summed E-state index contributed by atoms with van der Waals surface area (Å²) in [6.07, 6.45) is 2.30. The van der Waals surface area contributed by atoms with Crippen molar-refractivity contribution in [3.05, 3.63) is 11.4 Å². The van der Waals surface area contributed by atoms with Gasteiger partial charge in [-0.05, 0) is 26.7 Å². The molecule has 19 heavy (non-hydrogen) atoms. The predicted molar refractivity (Wildman–Crippen MR) is 75.4 cm³/mol. The van der Waals surface area contributed by atoms with Gasteiger partial charge in [-0.2, -0.15) is 0 Å². The summed E-state index contributed by atoms with van der Waals surface area (Å²) in [7, 11) is 3.47. The van der Waals surface area contributed by atoms with Gasteiger partial charge in [0.15, 0.2) is 0 Å². The van der Waals surface area contributed by atoms with E-state index in [0.717, 1.165) is 35.9 Å². The molecule has 2 rings (SSSR count). The van der Waals surface area contributed by atoms with Crippen LogP contribution in [0.2, 0.25) is 0 Å². The van der Waals surface area contributed by atoms with Gasteiger partial charge in [0.25, 0.3) is 0 Å². The van der Waals surface area contributed by atoms with Gasteiger partial charge in [0.2, 0.25) is 5.91 Å². The van der Waals surface area contributed by atoms with Crippen molar-refractivity contribution in [2.24, 2.45) is 0 Å². The number of anilines is 2. The second-order valence-electron chi connectivity index (χ2n) is 4.91. The van der Waals surface area contributed by atoms with Crippen LogP contribution in [0, 0.1) is 6.92 Å². The summed E-state index contributed by atoms with van der Waals surface area (Å²) < 4.78 is 0. The molecular weight excluding hydrogens is 242 g/mol. The third-order valence-electron chi connectivity index (χ3n) is 3.34. The molecule has 1 aliphatic rings. The maximum Gasteiger partial charge on any atom is 0.241 e. The zero-order chi connectivity index (χ0) is 14.0. The first-order valence-corrected chi connectivity index (χ1v) is 6.61. The third kappa shape index (κ3) is 2.94. The molecule has 1 unspecified atom stereocenters. The minimum atomic E-state index is -0.324. The number of nitrogens with zero attached hydrogens (tertiary/aromatic N) is 2. The Labute approximate surface area is 113 Å². The summed E-state index contributed by atoms with van der Waals surface area (Å²) >= 11 is 0. The summed E-state index contributed by atoms with van der Waals surface area (Å²) in [5.41, 5.74) is 0.933. The lowest BCUT2D eigenvalue weighted by Crippen LogP contribution is -2.35. The van der Waals surface area contributed by atoms with E-state index in [9.17, 15) is 4.79 Å². The van der Waals surface area contributed by atoms with Crippen LogP contribution in [0.1, 0.15) is 37.1 Å². The highest BCUT2D eigenvalue weighted by Gasteiger charge is 2.28. The molecule has 0 saturated heterocycles. The van der Waals surface area contributed by atoms with Crippen molar-refractivity contribution in [3.8, 4) is 0 Å². The topological polar surface area (TPSA) is 78.9 Å². The Kier molecular flexibility index (Phi) is 3.87. The minimum absolute atomic E-state index is 0.0583. The molecule has 1 saturated carbocycles. The van der Waals surface area contributed by atoms with E-state index in [2.05, 4.69) is 25.9 Å². The van der Waals surface area contributed by atoms with Crippen LogP contribution in [0.4, 0.5) is 11.6 Å². The van der Waals surface area contributed by atoms with E-state index in [0.29, 0.717) is 5.92 Å². The van der Waals surface area contributed by atoms with Crippen molar-refractivity contribution in [1.29, 1.82) is 0 Å². The van der Waals surface area contributed by atoms with Crippen LogP contribution in [0.25, 0.3) is 0 Å². The highest BCUT2D eigenvalue weighted by molar-refractivity contribution is 5.84. The Morgan fingerprint density at radius 2 is 1.89 bits per heavy atom. The van der Waals surface area contributed by atoms with Crippen molar-refractivity contribution >= 4 is 17.5 Å². The van der Waals surface area contributed by atoms with Gasteiger partial charge in [0.05, 0.1) is 0 Å². The summed E-state index contributed by atoms with van der Waals surface area (Å²) in [6.45, 7) is 3.76. The Bertz CT molecular complexity index is 484. The van der Waals surface area contributed by atoms with Crippen molar-refractivity contribution in [2.75, 3.05) is 24.7 Å². The number of aromatic nitrogens is 2. The highest BCUT2D eigenvalue weighted by Crippen LogP contribution is 2.39. The van der Waals surface area contributed by atoms with Gasteiger partial charge < -0.3 is 16.0 Å². The lowest BCUT2D eigenvalue weighted by molar-refractivity contribution is -0.121. The fourth-order valence-electron chi connectivity index (χ4n) is 1.93. The molecule has 6 nitrogen and oxygen atoms in total. The molecule has 0 spiro atoms. The molecule has 1 atom stereocenters. The molecule has 1 aliphatic carbocycles. The number of likely N-dealkylation sites (N-methyl/N-ethyl adjacent to an activating group) is 1. The van der Waals surface area contributed by atoms with Crippen LogP contribution in [0.5, 0.6) is 0 Å². The van der Waals surface area contributed by atoms with E-state index in [4.69, 9.17) is 0 Å². The van der Waals surface area contributed by atoms with E-state index < -0.39 is 0 Å². The molecule has 0 radical (unpaired) electrons. The minimum Gasteiger partial charge on any atom is -0.373 e. The molecule has 1 fully saturated rings. The largest absolute Gasteiger partial charge is 0.373 e. The molecule has 104 valence electrons. The van der Waals surface area contributed by atoms with E-state index in [1.54, 1.807) is 7.05 Å². The summed E-state index contributed by atoms with van der Waals surface area (Å²) in [6, 6.07) is -0.324. The number of amides is 1. The molecule has 0 bridgehead atoms. The van der Waals surface area contributed by atoms with Crippen molar-refractivity contribution in [3.63, 3.8) is 0 Å². The molecular formula is C13H21N5O. The van der Waals surface area contributed by atoms with Gasteiger partial charge in [-0.3, -0.25) is 4.79 Å². The van der Waals surface area contributed by atoms with Crippen molar-refractivity contribution in [1.82, 2.24) is 15.3 Å². The van der Waals surface area contributed by atoms with Crippen molar-refractivity contribution < 1.29 is 4.79 Å². The number of hydrogen-bond donors (Lipinski definition) is 3. The second kappa shape index (κ2) is 5.42. The molecule has 1 amide bonds. The lowest BCUT2D eigenvalue weighted by atomic mass is 10.2. The molecule has 0 aromatic carbocycles. The van der Waals surface area contributed by atoms with Crippen LogP contribution in [-0.2, 0) is 4.79 Å². The van der Waals surface area contributed by atoms with Crippen LogP contribution in [0.15, 0.2) is 0 Å². The standard InChI is InChI=1S/C13H21N5O/c1-7-10(14-3)17-12(9-5-6-9)18-11(7)16-8(2)13(19)15-4/h8-9H,5-6H2,1-4H3,(H,15,19)(H2,14,16,17,18). The maximum atomic E-state index is 11.6. The first kappa shape index (κ1) is 13.6. The Hall–Kier alpha value is -1.85. The van der Waals surface area contributed by atoms with Gasteiger partial charge >= 0.3 is 0 Å². The molecule has 1 aromatic rings. The smallest absolute Gasteiger partial charge is 0.241 e. The SMILES string of the molecule is CNC(=O)C(C)Nc1nc(C2CC2)nc(NC)c1C. The van der Waals surface area contributed by atoms with Crippen LogP contribution in [0.3, 0.4) is 0 Å². The maximum absolute atomic E-state index is 11.6. The van der Waals surface area contributed by atoms with Gasteiger partial charge in [0, 0.05) is 25.6 Å². The second-order valence-corrected chi connectivity index (χ2v) is 4.91. The highest BCUT2D eigenvalue weighted by atomic mass is 16.2. The van der Waals surface area contributed by atoms with E-state index in [1.807, 2.05) is 20.9 Å². The monoisotopic (exact) mass is 263 g/mol. The van der Waals surface area contributed by atoms with Gasteiger partial charge in [-0.25, -0.2) is 9.97 Å².